The Morgan fingerprint density at radius 2 is 1.78 bits per heavy atom. The summed E-state index contributed by atoms with van der Waals surface area (Å²) >= 11 is 0. The fourth-order valence-corrected chi connectivity index (χ4v) is 3.27. The van der Waals surface area contributed by atoms with Crippen LogP contribution in [0.4, 0.5) is 10.5 Å². The van der Waals surface area contributed by atoms with E-state index in [4.69, 9.17) is 4.74 Å². The second-order valence-electron chi connectivity index (χ2n) is 7.23. The Morgan fingerprint density at radius 1 is 1.13 bits per heavy atom. The second kappa shape index (κ2) is 5.87. The van der Waals surface area contributed by atoms with Crippen molar-refractivity contribution in [2.45, 2.75) is 51.7 Å². The van der Waals surface area contributed by atoms with Gasteiger partial charge in [0, 0.05) is 19.5 Å². The number of hydrogen-bond donors (Lipinski definition) is 0. The Balaban J connectivity index is 1.89. The molecule has 5 nitrogen and oxygen atoms in total. The van der Waals surface area contributed by atoms with Gasteiger partial charge in [0.05, 0.1) is 5.69 Å². The fraction of sp³-hybridized carbons (Fsp3) is 0.556. The van der Waals surface area contributed by atoms with Gasteiger partial charge in [0.15, 0.2) is 0 Å². The number of anilines is 1. The number of ether oxygens (including phenoxy) is 1. The Kier molecular flexibility index (Phi) is 4.04. The number of rotatable bonds is 1. The SMILES string of the molecule is CC(C)(C)OC(=O)N1c2ccccc2CC1C(=O)N1CCCC1. The average Bonchev–Trinajstić information content (AvgIpc) is 3.12. The van der Waals surface area contributed by atoms with E-state index < -0.39 is 17.7 Å². The molecule has 2 amide bonds. The fourth-order valence-electron chi connectivity index (χ4n) is 3.27. The zero-order chi connectivity index (χ0) is 16.6. The van der Waals surface area contributed by atoms with Crippen LogP contribution in [0.2, 0.25) is 0 Å². The molecule has 124 valence electrons. The Hall–Kier alpha value is -2.04. The molecule has 0 spiro atoms. The minimum atomic E-state index is -0.587. The smallest absolute Gasteiger partial charge is 0.415 e. The van der Waals surface area contributed by atoms with Crippen LogP contribution in [0.3, 0.4) is 0 Å². The number of para-hydroxylation sites is 1. The normalized spacial score (nSPS) is 20.6. The number of carbonyl (C=O) groups is 2. The van der Waals surface area contributed by atoms with Crippen molar-refractivity contribution < 1.29 is 14.3 Å². The number of amides is 2. The van der Waals surface area contributed by atoms with Gasteiger partial charge in [-0.05, 0) is 45.2 Å². The topological polar surface area (TPSA) is 49.9 Å². The molecule has 0 radical (unpaired) electrons. The highest BCUT2D eigenvalue weighted by molar-refractivity contribution is 6.00. The van der Waals surface area contributed by atoms with Gasteiger partial charge in [0.2, 0.25) is 5.91 Å². The van der Waals surface area contributed by atoms with E-state index in [0.29, 0.717) is 6.42 Å². The molecule has 1 saturated heterocycles. The molecule has 0 N–H and O–H groups in total. The first-order valence-electron chi connectivity index (χ1n) is 8.26. The molecular formula is C18H24N2O3. The van der Waals surface area contributed by atoms with Crippen molar-refractivity contribution >= 4 is 17.7 Å². The zero-order valence-electron chi connectivity index (χ0n) is 14.0. The van der Waals surface area contributed by atoms with Crippen molar-refractivity contribution in [2.24, 2.45) is 0 Å². The molecule has 2 aliphatic rings. The molecule has 3 rings (SSSR count). The largest absolute Gasteiger partial charge is 0.443 e. The third-order valence-electron chi connectivity index (χ3n) is 4.27. The van der Waals surface area contributed by atoms with Crippen molar-refractivity contribution in [3.05, 3.63) is 29.8 Å². The molecular weight excluding hydrogens is 292 g/mol. The first-order valence-corrected chi connectivity index (χ1v) is 8.26. The highest BCUT2D eigenvalue weighted by atomic mass is 16.6. The summed E-state index contributed by atoms with van der Waals surface area (Å²) in [4.78, 5) is 29.0. The maximum Gasteiger partial charge on any atom is 0.415 e. The molecule has 5 heteroatoms. The van der Waals surface area contributed by atoms with Gasteiger partial charge in [-0.15, -0.1) is 0 Å². The van der Waals surface area contributed by atoms with E-state index in [2.05, 4.69) is 0 Å². The van der Waals surface area contributed by atoms with Gasteiger partial charge in [-0.25, -0.2) is 4.79 Å². The van der Waals surface area contributed by atoms with Gasteiger partial charge in [0.25, 0.3) is 0 Å². The molecule has 1 aromatic carbocycles. The van der Waals surface area contributed by atoms with E-state index in [1.165, 1.54) is 0 Å². The molecule has 2 aliphatic heterocycles. The summed E-state index contributed by atoms with van der Waals surface area (Å²) in [5, 5.41) is 0. The van der Waals surface area contributed by atoms with Crippen molar-refractivity contribution in [3.8, 4) is 0 Å². The van der Waals surface area contributed by atoms with E-state index in [-0.39, 0.29) is 5.91 Å². The maximum absolute atomic E-state index is 12.9. The molecule has 23 heavy (non-hydrogen) atoms. The Bertz CT molecular complexity index is 615. The molecule has 2 heterocycles. The van der Waals surface area contributed by atoms with Crippen LogP contribution in [0.5, 0.6) is 0 Å². The van der Waals surface area contributed by atoms with Crippen LogP contribution in [-0.2, 0) is 16.0 Å². The molecule has 0 aromatic heterocycles. The minimum Gasteiger partial charge on any atom is -0.443 e. The van der Waals surface area contributed by atoms with Gasteiger partial charge in [-0.3, -0.25) is 9.69 Å². The van der Waals surface area contributed by atoms with Crippen LogP contribution in [-0.4, -0.2) is 41.6 Å². The van der Waals surface area contributed by atoms with Crippen molar-refractivity contribution in [1.29, 1.82) is 0 Å². The monoisotopic (exact) mass is 316 g/mol. The van der Waals surface area contributed by atoms with Crippen LogP contribution in [0.1, 0.15) is 39.2 Å². The lowest BCUT2D eigenvalue weighted by atomic mass is 10.1. The zero-order valence-corrected chi connectivity index (χ0v) is 14.0. The van der Waals surface area contributed by atoms with Crippen LogP contribution >= 0.6 is 0 Å². The van der Waals surface area contributed by atoms with E-state index in [0.717, 1.165) is 37.2 Å². The van der Waals surface area contributed by atoms with Crippen molar-refractivity contribution in [2.75, 3.05) is 18.0 Å². The summed E-state index contributed by atoms with van der Waals surface area (Å²) in [5.41, 5.74) is 1.23. The maximum atomic E-state index is 12.9. The quantitative estimate of drug-likeness (QED) is 0.800. The molecule has 0 aliphatic carbocycles. The van der Waals surface area contributed by atoms with Crippen LogP contribution in [0, 0.1) is 0 Å². The van der Waals surface area contributed by atoms with Crippen LogP contribution in [0.15, 0.2) is 24.3 Å². The van der Waals surface area contributed by atoms with Gasteiger partial charge < -0.3 is 9.64 Å². The second-order valence-corrected chi connectivity index (χ2v) is 7.23. The minimum absolute atomic E-state index is 0.0320. The van der Waals surface area contributed by atoms with Gasteiger partial charge in [-0.2, -0.15) is 0 Å². The summed E-state index contributed by atoms with van der Waals surface area (Å²) in [6, 6.07) is 7.20. The number of carbonyl (C=O) groups excluding carboxylic acids is 2. The first-order chi connectivity index (χ1) is 10.9. The third kappa shape index (κ3) is 3.19. The predicted octanol–water partition coefficient (Wildman–Crippen LogP) is 2.98. The van der Waals surface area contributed by atoms with Crippen LogP contribution in [0.25, 0.3) is 0 Å². The van der Waals surface area contributed by atoms with E-state index in [1.807, 2.05) is 49.9 Å². The highest BCUT2D eigenvalue weighted by Gasteiger charge is 2.42. The average molecular weight is 316 g/mol. The Labute approximate surface area is 137 Å². The molecule has 1 fully saturated rings. The van der Waals surface area contributed by atoms with Crippen LogP contribution < -0.4 is 4.90 Å². The lowest BCUT2D eigenvalue weighted by Gasteiger charge is -2.30. The third-order valence-corrected chi connectivity index (χ3v) is 4.27. The number of likely N-dealkylation sites (tertiary alicyclic amines) is 1. The number of benzene rings is 1. The van der Waals surface area contributed by atoms with Crippen molar-refractivity contribution in [3.63, 3.8) is 0 Å². The molecule has 0 saturated carbocycles. The molecule has 1 atom stereocenters. The summed E-state index contributed by atoms with van der Waals surface area (Å²) in [6.45, 7) is 7.08. The summed E-state index contributed by atoms with van der Waals surface area (Å²) < 4.78 is 5.54. The van der Waals surface area contributed by atoms with E-state index >= 15 is 0 Å². The standard InChI is InChI=1S/C18H24N2O3/c1-18(2,3)23-17(22)20-14-9-5-4-8-13(14)12-15(20)16(21)19-10-6-7-11-19/h4-5,8-9,15H,6-7,10-12H2,1-3H3. The number of hydrogen-bond acceptors (Lipinski definition) is 3. The van der Waals surface area contributed by atoms with E-state index in [9.17, 15) is 9.59 Å². The van der Waals surface area contributed by atoms with Gasteiger partial charge in [-0.1, -0.05) is 18.2 Å². The first kappa shape index (κ1) is 15.8. The van der Waals surface area contributed by atoms with Gasteiger partial charge >= 0.3 is 6.09 Å². The number of nitrogens with zero attached hydrogens (tertiary/aromatic N) is 2. The lowest BCUT2D eigenvalue weighted by Crippen LogP contribution is -2.50. The summed E-state index contributed by atoms with van der Waals surface area (Å²) in [6.07, 6.45) is 2.19. The summed E-state index contributed by atoms with van der Waals surface area (Å²) in [7, 11) is 0. The Morgan fingerprint density at radius 3 is 2.43 bits per heavy atom. The number of fused-ring (bicyclic) bond motifs is 1. The highest BCUT2D eigenvalue weighted by Crippen LogP contribution is 2.34. The molecule has 1 unspecified atom stereocenters. The molecule has 1 aromatic rings. The van der Waals surface area contributed by atoms with E-state index in [1.54, 1.807) is 4.90 Å². The van der Waals surface area contributed by atoms with Crippen molar-refractivity contribution in [1.82, 2.24) is 4.90 Å². The molecule has 0 bridgehead atoms. The van der Waals surface area contributed by atoms with Gasteiger partial charge in [0.1, 0.15) is 11.6 Å². The summed E-state index contributed by atoms with van der Waals surface area (Å²) in [5.74, 6) is 0.0320. The lowest BCUT2D eigenvalue weighted by molar-refractivity contribution is -0.131. The predicted molar refractivity (Wildman–Crippen MR) is 88.5 cm³/mol.